The number of hydrogen-bond acceptors (Lipinski definition) is 2. The first kappa shape index (κ1) is 10.6. The first-order valence-electron chi connectivity index (χ1n) is 4.89. The Morgan fingerprint density at radius 3 is 2.93 bits per heavy atom. The SMILES string of the molecule is COc1ccc2c(c1)OCCC(Br)=C2C. The lowest BCUT2D eigenvalue weighted by molar-refractivity contribution is 0.323. The number of allylic oxidation sites excluding steroid dienone is 1. The van der Waals surface area contributed by atoms with Crippen molar-refractivity contribution in [2.24, 2.45) is 0 Å². The van der Waals surface area contributed by atoms with Gasteiger partial charge in [-0.25, -0.2) is 0 Å². The summed E-state index contributed by atoms with van der Waals surface area (Å²) in [6, 6.07) is 5.93. The van der Waals surface area contributed by atoms with Gasteiger partial charge < -0.3 is 9.47 Å². The zero-order valence-electron chi connectivity index (χ0n) is 8.84. The van der Waals surface area contributed by atoms with E-state index in [-0.39, 0.29) is 0 Å². The standard InChI is InChI=1S/C12H13BrO2/c1-8-10-4-3-9(14-2)7-12(10)15-6-5-11(8)13/h3-4,7H,5-6H2,1-2H3. The molecule has 80 valence electrons. The third kappa shape index (κ3) is 2.02. The van der Waals surface area contributed by atoms with E-state index in [4.69, 9.17) is 9.47 Å². The molecule has 1 aliphatic heterocycles. The lowest BCUT2D eigenvalue weighted by Crippen LogP contribution is -1.96. The minimum atomic E-state index is 0.706. The normalized spacial score (nSPS) is 15.4. The molecule has 0 aromatic heterocycles. The Kier molecular flexibility index (Phi) is 3.00. The maximum atomic E-state index is 5.68. The van der Waals surface area contributed by atoms with Crippen LogP contribution in [0.1, 0.15) is 18.9 Å². The molecule has 2 nitrogen and oxygen atoms in total. The van der Waals surface area contributed by atoms with Crippen molar-refractivity contribution >= 4 is 21.5 Å². The summed E-state index contributed by atoms with van der Waals surface area (Å²) in [6.07, 6.45) is 0.919. The van der Waals surface area contributed by atoms with Gasteiger partial charge in [0.2, 0.25) is 0 Å². The quantitative estimate of drug-likeness (QED) is 0.775. The van der Waals surface area contributed by atoms with Crippen LogP contribution in [-0.2, 0) is 0 Å². The fourth-order valence-electron chi connectivity index (χ4n) is 1.64. The van der Waals surface area contributed by atoms with Crippen molar-refractivity contribution in [1.29, 1.82) is 0 Å². The van der Waals surface area contributed by atoms with Gasteiger partial charge in [0.15, 0.2) is 0 Å². The minimum absolute atomic E-state index is 0.706. The van der Waals surface area contributed by atoms with Gasteiger partial charge >= 0.3 is 0 Å². The maximum Gasteiger partial charge on any atom is 0.130 e. The molecule has 1 aliphatic rings. The Morgan fingerprint density at radius 2 is 2.20 bits per heavy atom. The van der Waals surface area contributed by atoms with Crippen molar-refractivity contribution in [1.82, 2.24) is 0 Å². The van der Waals surface area contributed by atoms with Crippen molar-refractivity contribution in [3.63, 3.8) is 0 Å². The smallest absolute Gasteiger partial charge is 0.130 e. The second-order valence-electron chi connectivity index (χ2n) is 3.49. The van der Waals surface area contributed by atoms with Crippen molar-refractivity contribution in [3.05, 3.63) is 28.2 Å². The predicted molar refractivity (Wildman–Crippen MR) is 64.6 cm³/mol. The maximum absolute atomic E-state index is 5.68. The van der Waals surface area contributed by atoms with E-state index in [0.717, 1.165) is 23.5 Å². The summed E-state index contributed by atoms with van der Waals surface area (Å²) >= 11 is 3.58. The highest BCUT2D eigenvalue weighted by molar-refractivity contribution is 9.11. The number of benzene rings is 1. The highest BCUT2D eigenvalue weighted by Gasteiger charge is 2.14. The van der Waals surface area contributed by atoms with Crippen LogP contribution >= 0.6 is 15.9 Å². The molecular formula is C12H13BrO2. The summed E-state index contributed by atoms with van der Waals surface area (Å²) in [7, 11) is 1.66. The molecule has 0 spiro atoms. The molecule has 2 rings (SSSR count). The van der Waals surface area contributed by atoms with E-state index >= 15 is 0 Å². The van der Waals surface area contributed by atoms with Crippen molar-refractivity contribution in [2.45, 2.75) is 13.3 Å². The van der Waals surface area contributed by atoms with Gasteiger partial charge in [-0.3, -0.25) is 0 Å². The van der Waals surface area contributed by atoms with Crippen LogP contribution < -0.4 is 9.47 Å². The molecule has 0 bridgehead atoms. The monoisotopic (exact) mass is 268 g/mol. The largest absolute Gasteiger partial charge is 0.497 e. The van der Waals surface area contributed by atoms with Crippen LogP contribution in [0.2, 0.25) is 0 Å². The minimum Gasteiger partial charge on any atom is -0.497 e. The Balaban J connectivity index is 2.51. The second kappa shape index (κ2) is 4.27. The molecule has 3 heteroatoms. The molecule has 0 unspecified atom stereocenters. The summed E-state index contributed by atoms with van der Waals surface area (Å²) in [4.78, 5) is 0. The number of ether oxygens (including phenoxy) is 2. The molecule has 0 aliphatic carbocycles. The van der Waals surface area contributed by atoms with E-state index in [2.05, 4.69) is 22.9 Å². The lowest BCUT2D eigenvalue weighted by Gasteiger charge is -2.09. The van der Waals surface area contributed by atoms with Crippen LogP contribution in [0.5, 0.6) is 11.5 Å². The highest BCUT2D eigenvalue weighted by atomic mass is 79.9. The summed E-state index contributed by atoms with van der Waals surface area (Å²) in [5, 5.41) is 0. The van der Waals surface area contributed by atoms with Crippen molar-refractivity contribution in [2.75, 3.05) is 13.7 Å². The van der Waals surface area contributed by atoms with Crippen molar-refractivity contribution in [3.8, 4) is 11.5 Å². The first-order chi connectivity index (χ1) is 7.22. The van der Waals surface area contributed by atoms with Crippen LogP contribution in [0.3, 0.4) is 0 Å². The van der Waals surface area contributed by atoms with Crippen LogP contribution in [0.25, 0.3) is 5.57 Å². The van der Waals surface area contributed by atoms with E-state index in [1.807, 2.05) is 18.2 Å². The van der Waals surface area contributed by atoms with Gasteiger partial charge in [0.1, 0.15) is 11.5 Å². The topological polar surface area (TPSA) is 18.5 Å². The molecule has 0 saturated carbocycles. The van der Waals surface area contributed by atoms with E-state index < -0.39 is 0 Å². The zero-order valence-corrected chi connectivity index (χ0v) is 10.4. The van der Waals surface area contributed by atoms with Gasteiger partial charge in [-0.15, -0.1) is 0 Å². The molecule has 0 amide bonds. The molecule has 0 fully saturated rings. The van der Waals surface area contributed by atoms with Gasteiger partial charge in [0.25, 0.3) is 0 Å². The third-order valence-corrected chi connectivity index (χ3v) is 3.57. The Morgan fingerprint density at radius 1 is 1.40 bits per heavy atom. The predicted octanol–water partition coefficient (Wildman–Crippen LogP) is 3.60. The molecule has 0 saturated heterocycles. The van der Waals surface area contributed by atoms with E-state index in [9.17, 15) is 0 Å². The molecule has 1 heterocycles. The van der Waals surface area contributed by atoms with E-state index in [1.165, 1.54) is 10.1 Å². The zero-order chi connectivity index (χ0) is 10.8. The third-order valence-electron chi connectivity index (χ3n) is 2.58. The average Bonchev–Trinajstić information content (AvgIpc) is 2.40. The first-order valence-corrected chi connectivity index (χ1v) is 5.68. The van der Waals surface area contributed by atoms with E-state index in [0.29, 0.717) is 6.61 Å². The Bertz CT molecular complexity index is 410. The summed E-state index contributed by atoms with van der Waals surface area (Å²) in [5.74, 6) is 1.74. The number of hydrogen-bond donors (Lipinski definition) is 0. The number of methoxy groups -OCH3 is 1. The molecule has 0 radical (unpaired) electrons. The lowest BCUT2D eigenvalue weighted by atomic mass is 10.1. The van der Waals surface area contributed by atoms with Gasteiger partial charge in [0.05, 0.1) is 13.7 Å². The number of rotatable bonds is 1. The number of fused-ring (bicyclic) bond motifs is 1. The highest BCUT2D eigenvalue weighted by Crippen LogP contribution is 2.36. The van der Waals surface area contributed by atoms with Crippen LogP contribution in [0.4, 0.5) is 0 Å². The van der Waals surface area contributed by atoms with Crippen LogP contribution in [0.15, 0.2) is 22.7 Å². The van der Waals surface area contributed by atoms with Gasteiger partial charge in [-0.2, -0.15) is 0 Å². The fraction of sp³-hybridized carbons (Fsp3) is 0.333. The fourth-order valence-corrected chi connectivity index (χ4v) is 2.02. The van der Waals surface area contributed by atoms with Crippen LogP contribution in [0, 0.1) is 0 Å². The van der Waals surface area contributed by atoms with Crippen LogP contribution in [-0.4, -0.2) is 13.7 Å². The van der Waals surface area contributed by atoms with Gasteiger partial charge in [-0.05, 0) is 24.6 Å². The molecule has 0 atom stereocenters. The van der Waals surface area contributed by atoms with Crippen molar-refractivity contribution < 1.29 is 9.47 Å². The Labute approximate surface area is 98.0 Å². The molecule has 0 N–H and O–H groups in total. The average molecular weight is 269 g/mol. The number of halogens is 1. The summed E-state index contributed by atoms with van der Waals surface area (Å²) in [5.41, 5.74) is 2.38. The Hall–Kier alpha value is -0.960. The molecule has 1 aromatic carbocycles. The van der Waals surface area contributed by atoms with E-state index in [1.54, 1.807) is 7.11 Å². The summed E-state index contributed by atoms with van der Waals surface area (Å²) < 4.78 is 12.1. The molecule has 1 aromatic rings. The van der Waals surface area contributed by atoms with Gasteiger partial charge in [-0.1, -0.05) is 15.9 Å². The van der Waals surface area contributed by atoms with Gasteiger partial charge in [0, 0.05) is 22.5 Å². The second-order valence-corrected chi connectivity index (χ2v) is 4.45. The molecule has 15 heavy (non-hydrogen) atoms. The summed E-state index contributed by atoms with van der Waals surface area (Å²) in [6.45, 7) is 2.81. The molecular weight excluding hydrogens is 256 g/mol.